The van der Waals surface area contributed by atoms with Gasteiger partial charge in [-0.25, -0.2) is 10.2 Å². The highest BCUT2D eigenvalue weighted by molar-refractivity contribution is 6.36. The van der Waals surface area contributed by atoms with E-state index in [1.54, 1.807) is 36.4 Å². The Morgan fingerprint density at radius 3 is 2.45 bits per heavy atom. The number of nitrogens with zero attached hydrogens (tertiary/aromatic N) is 1. The number of aryl methyl sites for hydroxylation is 1. The van der Waals surface area contributed by atoms with E-state index in [9.17, 15) is 9.59 Å². The molecule has 0 unspecified atom stereocenters. The van der Waals surface area contributed by atoms with Gasteiger partial charge in [0.05, 0.1) is 23.9 Å². The van der Waals surface area contributed by atoms with E-state index in [4.69, 9.17) is 37.4 Å². The van der Waals surface area contributed by atoms with Gasteiger partial charge in [-0.3, -0.25) is 4.79 Å². The summed E-state index contributed by atoms with van der Waals surface area (Å²) >= 11 is 11.9. The van der Waals surface area contributed by atoms with Gasteiger partial charge in [0, 0.05) is 5.02 Å². The number of carbonyl (C=O) groups excluding carboxylic acids is 2. The largest absolute Gasteiger partial charge is 0.493 e. The van der Waals surface area contributed by atoms with Crippen molar-refractivity contribution >= 4 is 41.3 Å². The molecule has 3 rings (SSSR count). The Bertz CT molecular complexity index is 1180. The fraction of sp³-hybridized carbons (Fsp3) is 0.125. The quantitative estimate of drug-likeness (QED) is 0.208. The molecule has 1 amide bonds. The number of ether oxygens (including phenoxy) is 3. The lowest BCUT2D eigenvalue weighted by molar-refractivity contribution is -0.123. The Morgan fingerprint density at radius 2 is 1.76 bits per heavy atom. The summed E-state index contributed by atoms with van der Waals surface area (Å²) in [7, 11) is 1.44. The molecule has 0 fully saturated rings. The third-order valence-electron chi connectivity index (χ3n) is 4.34. The molecule has 0 radical (unpaired) electrons. The molecule has 0 aliphatic carbocycles. The molecule has 1 N–H and O–H groups in total. The molecule has 7 nitrogen and oxygen atoms in total. The average Bonchev–Trinajstić information content (AvgIpc) is 2.79. The maximum absolute atomic E-state index is 12.4. The number of esters is 1. The molecule has 0 spiro atoms. The normalized spacial score (nSPS) is 10.7. The lowest BCUT2D eigenvalue weighted by atomic mass is 10.2. The summed E-state index contributed by atoms with van der Waals surface area (Å²) in [5, 5.41) is 4.49. The number of hydrogen-bond acceptors (Lipinski definition) is 6. The Kier molecular flexibility index (Phi) is 8.29. The Balaban J connectivity index is 1.58. The fourth-order valence-corrected chi connectivity index (χ4v) is 3.14. The molecule has 0 aromatic heterocycles. The van der Waals surface area contributed by atoms with Gasteiger partial charge in [-0.05, 0) is 61.0 Å². The number of amides is 1. The molecule has 0 aliphatic rings. The maximum atomic E-state index is 12.4. The zero-order valence-electron chi connectivity index (χ0n) is 17.8. The SMILES string of the molecule is COc1cc(/C=N/NC(=O)COc2ccc(C)cc2)ccc1OC(=O)c1ccc(Cl)cc1Cl. The van der Waals surface area contributed by atoms with Gasteiger partial charge in [0.1, 0.15) is 5.75 Å². The first-order valence-electron chi connectivity index (χ1n) is 9.72. The molecule has 0 saturated heterocycles. The van der Waals surface area contributed by atoms with Crippen LogP contribution in [-0.2, 0) is 4.79 Å². The molecule has 0 aliphatic heterocycles. The van der Waals surface area contributed by atoms with Gasteiger partial charge in [0.15, 0.2) is 18.1 Å². The number of rotatable bonds is 8. The van der Waals surface area contributed by atoms with Gasteiger partial charge in [-0.1, -0.05) is 40.9 Å². The van der Waals surface area contributed by atoms with Crippen molar-refractivity contribution in [3.05, 3.63) is 87.4 Å². The molecule has 0 saturated carbocycles. The number of hydrogen-bond donors (Lipinski definition) is 1. The number of methoxy groups -OCH3 is 1. The zero-order chi connectivity index (χ0) is 23.8. The van der Waals surface area contributed by atoms with E-state index in [2.05, 4.69) is 10.5 Å². The topological polar surface area (TPSA) is 86.2 Å². The van der Waals surface area contributed by atoms with Crippen LogP contribution in [0.25, 0.3) is 0 Å². The number of benzene rings is 3. The smallest absolute Gasteiger partial charge is 0.345 e. The molecule has 33 heavy (non-hydrogen) atoms. The van der Waals surface area contributed by atoms with Crippen LogP contribution in [0.3, 0.4) is 0 Å². The summed E-state index contributed by atoms with van der Waals surface area (Å²) in [4.78, 5) is 24.3. The predicted octanol–water partition coefficient (Wildman–Crippen LogP) is 5.06. The minimum atomic E-state index is -0.655. The third kappa shape index (κ3) is 6.97. The van der Waals surface area contributed by atoms with Crippen LogP contribution in [0.4, 0.5) is 0 Å². The Labute approximate surface area is 200 Å². The molecular weight excluding hydrogens is 467 g/mol. The molecule has 170 valence electrons. The highest BCUT2D eigenvalue weighted by Crippen LogP contribution is 2.30. The minimum absolute atomic E-state index is 0.171. The van der Waals surface area contributed by atoms with Gasteiger partial charge >= 0.3 is 5.97 Å². The predicted molar refractivity (Wildman–Crippen MR) is 127 cm³/mol. The lowest BCUT2D eigenvalue weighted by Crippen LogP contribution is -2.24. The van der Waals surface area contributed by atoms with Crippen molar-refractivity contribution in [2.45, 2.75) is 6.92 Å². The maximum Gasteiger partial charge on any atom is 0.345 e. The highest BCUT2D eigenvalue weighted by Gasteiger charge is 2.16. The van der Waals surface area contributed by atoms with Gasteiger partial charge in [-0.2, -0.15) is 5.10 Å². The van der Waals surface area contributed by atoms with E-state index in [-0.39, 0.29) is 22.9 Å². The van der Waals surface area contributed by atoms with Gasteiger partial charge < -0.3 is 14.2 Å². The molecular formula is C24H20Cl2N2O5. The molecule has 0 heterocycles. The van der Waals surface area contributed by atoms with Crippen LogP contribution in [0.15, 0.2) is 65.8 Å². The lowest BCUT2D eigenvalue weighted by Gasteiger charge is -2.10. The van der Waals surface area contributed by atoms with Crippen LogP contribution >= 0.6 is 23.2 Å². The standard InChI is InChI=1S/C24H20Cl2N2O5/c1-15-3-7-18(8-4-15)32-14-23(29)28-27-13-16-5-10-21(22(11-16)31-2)33-24(30)19-9-6-17(25)12-20(19)26/h3-13H,14H2,1-2H3,(H,28,29)/b27-13+. The van der Waals surface area contributed by atoms with Gasteiger partial charge in [0.2, 0.25) is 0 Å². The molecule has 3 aromatic rings. The van der Waals surface area contributed by atoms with Crippen molar-refractivity contribution in [2.24, 2.45) is 5.10 Å². The average molecular weight is 487 g/mol. The van der Waals surface area contributed by atoms with Gasteiger partial charge in [-0.15, -0.1) is 0 Å². The van der Waals surface area contributed by atoms with Crippen molar-refractivity contribution in [1.82, 2.24) is 5.43 Å². The van der Waals surface area contributed by atoms with Crippen LogP contribution in [-0.4, -0.2) is 31.8 Å². The molecule has 9 heteroatoms. The fourth-order valence-electron chi connectivity index (χ4n) is 2.65. The van der Waals surface area contributed by atoms with E-state index in [0.29, 0.717) is 22.1 Å². The van der Waals surface area contributed by atoms with Crippen LogP contribution in [0, 0.1) is 6.92 Å². The zero-order valence-corrected chi connectivity index (χ0v) is 19.3. The summed E-state index contributed by atoms with van der Waals surface area (Å²) in [6.07, 6.45) is 1.42. The van der Waals surface area contributed by atoms with Crippen molar-refractivity contribution in [3.63, 3.8) is 0 Å². The van der Waals surface area contributed by atoms with Crippen molar-refractivity contribution in [3.8, 4) is 17.2 Å². The van der Waals surface area contributed by atoms with E-state index in [1.165, 1.54) is 25.5 Å². The monoisotopic (exact) mass is 486 g/mol. The summed E-state index contributed by atoms with van der Waals surface area (Å²) in [6, 6.07) is 16.6. The number of hydrazone groups is 1. The second kappa shape index (κ2) is 11.4. The van der Waals surface area contributed by atoms with Crippen LogP contribution in [0.2, 0.25) is 10.0 Å². The first-order valence-corrected chi connectivity index (χ1v) is 10.5. The van der Waals surface area contributed by atoms with Crippen molar-refractivity contribution in [2.75, 3.05) is 13.7 Å². The van der Waals surface area contributed by atoms with Crippen LogP contribution < -0.4 is 19.6 Å². The first kappa shape index (κ1) is 24.1. The number of carbonyl (C=O) groups is 2. The Hall–Kier alpha value is -3.55. The second-order valence-electron chi connectivity index (χ2n) is 6.82. The van der Waals surface area contributed by atoms with E-state index >= 15 is 0 Å². The first-order chi connectivity index (χ1) is 15.9. The number of nitrogens with one attached hydrogen (secondary N) is 1. The third-order valence-corrected chi connectivity index (χ3v) is 4.88. The van der Waals surface area contributed by atoms with Gasteiger partial charge in [0.25, 0.3) is 5.91 Å². The molecule has 3 aromatic carbocycles. The van der Waals surface area contributed by atoms with E-state index < -0.39 is 11.9 Å². The molecule has 0 atom stereocenters. The number of halogens is 2. The summed E-state index contributed by atoms with van der Waals surface area (Å²) in [6.45, 7) is 1.79. The van der Waals surface area contributed by atoms with Crippen molar-refractivity contribution < 1.29 is 23.8 Å². The van der Waals surface area contributed by atoms with Crippen LogP contribution in [0.1, 0.15) is 21.5 Å². The van der Waals surface area contributed by atoms with Crippen LogP contribution in [0.5, 0.6) is 17.2 Å². The summed E-state index contributed by atoms with van der Waals surface area (Å²) in [5.41, 5.74) is 4.26. The molecule has 0 bridgehead atoms. The second-order valence-corrected chi connectivity index (χ2v) is 7.66. The summed E-state index contributed by atoms with van der Waals surface area (Å²) in [5.74, 6) is 0.0171. The van der Waals surface area contributed by atoms with E-state index in [0.717, 1.165) is 5.56 Å². The van der Waals surface area contributed by atoms with Crippen molar-refractivity contribution in [1.29, 1.82) is 0 Å². The van der Waals surface area contributed by atoms with E-state index in [1.807, 2.05) is 19.1 Å². The minimum Gasteiger partial charge on any atom is -0.493 e. The summed E-state index contributed by atoms with van der Waals surface area (Å²) < 4.78 is 16.1. The Morgan fingerprint density at radius 1 is 1.00 bits per heavy atom. The highest BCUT2D eigenvalue weighted by atomic mass is 35.5.